The maximum atomic E-state index is 12.3. The van der Waals surface area contributed by atoms with Crippen LogP contribution in [0.2, 0.25) is 4.34 Å². The molecule has 3 N–H and O–H groups in total. The number of hydrogen-bond donors (Lipinski definition) is 3. The highest BCUT2D eigenvalue weighted by Crippen LogP contribution is 2.32. The molecule has 144 valence electrons. The fourth-order valence-electron chi connectivity index (χ4n) is 3.54. The first kappa shape index (κ1) is 18.6. The van der Waals surface area contributed by atoms with Crippen LogP contribution in [0.5, 0.6) is 11.5 Å². The molecule has 1 amide bonds. The van der Waals surface area contributed by atoms with Crippen LogP contribution in [0.4, 0.5) is 0 Å². The van der Waals surface area contributed by atoms with E-state index >= 15 is 0 Å². The monoisotopic (exact) mass is 409 g/mol. The van der Waals surface area contributed by atoms with Crippen molar-refractivity contribution in [3.05, 3.63) is 45.1 Å². The Balaban J connectivity index is 1.18. The number of ether oxygens (including phenoxy) is 2. The second-order valence-corrected chi connectivity index (χ2v) is 8.82. The fourth-order valence-corrected chi connectivity index (χ4v) is 4.70. The number of hydrogen-bond acceptors (Lipinski definition) is 4. The van der Waals surface area contributed by atoms with E-state index in [0.717, 1.165) is 54.1 Å². The molecule has 0 unspecified atom stereocenters. The molecule has 1 fully saturated rings. The summed E-state index contributed by atoms with van der Waals surface area (Å²) >= 11 is 7.67. The molecule has 1 saturated heterocycles. The zero-order valence-corrected chi connectivity index (χ0v) is 16.6. The topological polar surface area (TPSA) is 56.4 Å². The molecule has 3 heterocycles. The van der Waals surface area contributed by atoms with Crippen molar-refractivity contribution < 1.29 is 24.1 Å². The molecular formula is C19H24ClN3O3S+2. The van der Waals surface area contributed by atoms with Crippen LogP contribution in [0.1, 0.15) is 10.4 Å². The Morgan fingerprint density at radius 1 is 1.07 bits per heavy atom. The summed E-state index contributed by atoms with van der Waals surface area (Å²) in [5, 5.41) is 3.02. The zero-order chi connectivity index (χ0) is 18.6. The third-order valence-electron chi connectivity index (χ3n) is 5.05. The largest absolute Gasteiger partial charge is 0.454 e. The molecule has 2 aliphatic rings. The van der Waals surface area contributed by atoms with Gasteiger partial charge >= 0.3 is 0 Å². The number of carbonyl (C=O) groups excluding carboxylic acids is 1. The van der Waals surface area contributed by atoms with Gasteiger partial charge in [0.25, 0.3) is 5.91 Å². The quantitative estimate of drug-likeness (QED) is 0.615. The van der Waals surface area contributed by atoms with Gasteiger partial charge in [-0.3, -0.25) is 4.79 Å². The molecule has 0 aliphatic carbocycles. The number of thiophene rings is 1. The van der Waals surface area contributed by atoms with E-state index in [0.29, 0.717) is 13.1 Å². The average molecular weight is 410 g/mol. The highest BCUT2D eigenvalue weighted by Gasteiger charge is 2.25. The minimum Gasteiger partial charge on any atom is -0.454 e. The van der Waals surface area contributed by atoms with E-state index < -0.39 is 0 Å². The lowest BCUT2D eigenvalue weighted by Gasteiger charge is -2.29. The summed E-state index contributed by atoms with van der Waals surface area (Å²) in [6, 6.07) is 9.85. The number of quaternary nitrogens is 2. The van der Waals surface area contributed by atoms with Gasteiger partial charge in [-0.1, -0.05) is 17.7 Å². The molecule has 0 radical (unpaired) electrons. The maximum absolute atomic E-state index is 12.3. The molecule has 2 aromatic rings. The van der Waals surface area contributed by atoms with Crippen LogP contribution in [0, 0.1) is 0 Å². The Labute approximate surface area is 167 Å². The summed E-state index contributed by atoms with van der Waals surface area (Å²) in [7, 11) is 0. The van der Waals surface area contributed by atoms with Crippen molar-refractivity contribution in [2.75, 3.05) is 39.5 Å². The van der Waals surface area contributed by atoms with Crippen LogP contribution >= 0.6 is 22.9 Å². The Morgan fingerprint density at radius 3 is 2.63 bits per heavy atom. The van der Waals surface area contributed by atoms with Crippen molar-refractivity contribution in [2.24, 2.45) is 0 Å². The number of piperazine rings is 1. The molecule has 0 saturated carbocycles. The fraction of sp³-hybridized carbons (Fsp3) is 0.421. The number of benzene rings is 1. The Hall–Kier alpha value is -1.80. The van der Waals surface area contributed by atoms with E-state index in [1.807, 2.05) is 24.3 Å². The molecule has 8 heteroatoms. The van der Waals surface area contributed by atoms with E-state index in [1.54, 1.807) is 16.2 Å². The van der Waals surface area contributed by atoms with Crippen molar-refractivity contribution in [1.82, 2.24) is 5.32 Å². The van der Waals surface area contributed by atoms with E-state index in [9.17, 15) is 4.79 Å². The lowest BCUT2D eigenvalue weighted by atomic mass is 10.2. The molecule has 6 nitrogen and oxygen atoms in total. The van der Waals surface area contributed by atoms with Crippen LogP contribution in [0.15, 0.2) is 30.3 Å². The maximum Gasteiger partial charge on any atom is 0.275 e. The van der Waals surface area contributed by atoms with Gasteiger partial charge in [0.1, 0.15) is 32.7 Å². The first-order chi connectivity index (χ1) is 13.2. The number of amides is 1. The normalized spacial score (nSPS) is 21.2. The predicted octanol–water partition coefficient (Wildman–Crippen LogP) is -0.270. The first-order valence-corrected chi connectivity index (χ1v) is 10.4. The van der Waals surface area contributed by atoms with Gasteiger partial charge in [-0.05, 0) is 29.8 Å². The van der Waals surface area contributed by atoms with E-state index in [-0.39, 0.29) is 12.7 Å². The number of nitrogens with one attached hydrogen (secondary N) is 3. The van der Waals surface area contributed by atoms with Crippen molar-refractivity contribution in [1.29, 1.82) is 0 Å². The molecule has 0 spiro atoms. The molecule has 1 aromatic carbocycles. The molecule has 27 heavy (non-hydrogen) atoms. The van der Waals surface area contributed by atoms with Crippen LogP contribution in [-0.4, -0.2) is 45.4 Å². The van der Waals surface area contributed by atoms with E-state index in [2.05, 4.69) is 11.4 Å². The molecule has 4 rings (SSSR count). The second kappa shape index (κ2) is 8.48. The minimum absolute atomic E-state index is 0.0937. The lowest BCUT2D eigenvalue weighted by molar-refractivity contribution is -1.01. The van der Waals surface area contributed by atoms with Crippen molar-refractivity contribution in [3.8, 4) is 11.5 Å². The molecule has 0 atom stereocenters. The second-order valence-electron chi connectivity index (χ2n) is 7.02. The highest BCUT2D eigenvalue weighted by atomic mass is 35.5. The van der Waals surface area contributed by atoms with Gasteiger partial charge in [0.15, 0.2) is 18.0 Å². The van der Waals surface area contributed by atoms with Crippen LogP contribution in [0.25, 0.3) is 0 Å². The van der Waals surface area contributed by atoms with Gasteiger partial charge in [0.05, 0.1) is 9.21 Å². The summed E-state index contributed by atoms with van der Waals surface area (Å²) in [5.74, 6) is 1.61. The Morgan fingerprint density at radius 2 is 1.85 bits per heavy atom. The SMILES string of the molecule is O=C(C[NH+]1CC[NH+](Cc2ccc(Cl)s2)CC1)NCc1ccc2c(c1)OCO2. The Bertz CT molecular complexity index is 805. The van der Waals surface area contributed by atoms with E-state index in [1.165, 1.54) is 9.78 Å². The number of rotatable bonds is 6. The van der Waals surface area contributed by atoms with Crippen LogP contribution < -0.4 is 24.6 Å². The summed E-state index contributed by atoms with van der Waals surface area (Å²) in [6.07, 6.45) is 0. The smallest absolute Gasteiger partial charge is 0.275 e. The van der Waals surface area contributed by atoms with Gasteiger partial charge in [0.2, 0.25) is 6.79 Å². The predicted molar refractivity (Wildman–Crippen MR) is 104 cm³/mol. The first-order valence-electron chi connectivity index (χ1n) is 9.22. The number of carbonyl (C=O) groups is 1. The van der Waals surface area contributed by atoms with Crippen molar-refractivity contribution >= 4 is 28.8 Å². The zero-order valence-electron chi connectivity index (χ0n) is 15.1. The number of fused-ring (bicyclic) bond motifs is 1. The number of halogens is 1. The third kappa shape index (κ3) is 4.93. The average Bonchev–Trinajstić information content (AvgIpc) is 3.30. The summed E-state index contributed by atoms with van der Waals surface area (Å²) in [6.45, 7) is 6.54. The summed E-state index contributed by atoms with van der Waals surface area (Å²) in [5.41, 5.74) is 1.02. The minimum atomic E-state index is 0.0937. The molecule has 1 aromatic heterocycles. The highest BCUT2D eigenvalue weighted by molar-refractivity contribution is 7.16. The van der Waals surface area contributed by atoms with Gasteiger partial charge in [-0.15, -0.1) is 11.3 Å². The van der Waals surface area contributed by atoms with Gasteiger partial charge in [0, 0.05) is 6.54 Å². The van der Waals surface area contributed by atoms with Crippen molar-refractivity contribution in [2.45, 2.75) is 13.1 Å². The third-order valence-corrected chi connectivity index (χ3v) is 6.29. The molecule has 2 aliphatic heterocycles. The molecule has 0 bridgehead atoms. The van der Waals surface area contributed by atoms with Gasteiger partial charge in [-0.2, -0.15) is 0 Å². The standard InChI is InChI=1S/C19H22ClN3O3S/c20-18-4-2-15(27-18)11-22-5-7-23(8-6-22)12-19(24)21-10-14-1-3-16-17(9-14)26-13-25-16/h1-4,9H,5-8,10-13H2,(H,21,24)/p+2. The summed E-state index contributed by atoms with van der Waals surface area (Å²) in [4.78, 5) is 16.5. The van der Waals surface area contributed by atoms with Gasteiger partial charge in [-0.25, -0.2) is 0 Å². The van der Waals surface area contributed by atoms with Crippen LogP contribution in [0.3, 0.4) is 0 Å². The van der Waals surface area contributed by atoms with Crippen LogP contribution in [-0.2, 0) is 17.9 Å². The van der Waals surface area contributed by atoms with E-state index in [4.69, 9.17) is 21.1 Å². The lowest BCUT2D eigenvalue weighted by Crippen LogP contribution is -3.28. The summed E-state index contributed by atoms with van der Waals surface area (Å²) < 4.78 is 11.5. The molecular weight excluding hydrogens is 386 g/mol. The van der Waals surface area contributed by atoms with Gasteiger partial charge < -0.3 is 24.6 Å². The Kier molecular flexibility index (Phi) is 5.83. The van der Waals surface area contributed by atoms with Crippen molar-refractivity contribution in [3.63, 3.8) is 0 Å².